The third-order valence-electron chi connectivity index (χ3n) is 2.96. The normalized spacial score (nSPS) is 15.9. The third-order valence-corrected chi connectivity index (χ3v) is 3.70. The molecule has 1 aliphatic heterocycles. The maximum Gasteiger partial charge on any atom is 0.363 e. The monoisotopic (exact) mass is 335 g/mol. The summed E-state index contributed by atoms with van der Waals surface area (Å²) in [7, 11) is 0. The molecular formula is C16H8Cl2FNO2. The fraction of sp³-hybridized carbons (Fsp3) is 0. The highest BCUT2D eigenvalue weighted by molar-refractivity contribution is 6.42. The molecule has 0 saturated heterocycles. The van der Waals surface area contributed by atoms with Crippen molar-refractivity contribution in [2.24, 2.45) is 4.99 Å². The van der Waals surface area contributed by atoms with Crippen molar-refractivity contribution >= 4 is 41.1 Å². The number of carbonyl (C=O) groups excluding carboxylic acids is 1. The molecule has 0 fully saturated rings. The van der Waals surface area contributed by atoms with E-state index in [2.05, 4.69) is 4.99 Å². The van der Waals surface area contributed by atoms with Crippen LogP contribution in [0.1, 0.15) is 11.1 Å². The van der Waals surface area contributed by atoms with Crippen LogP contribution < -0.4 is 0 Å². The van der Waals surface area contributed by atoms with Gasteiger partial charge in [0.1, 0.15) is 5.82 Å². The number of nitrogens with zero attached hydrogens (tertiary/aromatic N) is 1. The lowest BCUT2D eigenvalue weighted by molar-refractivity contribution is -0.129. The average Bonchev–Trinajstić information content (AvgIpc) is 2.85. The van der Waals surface area contributed by atoms with Crippen LogP contribution in [0.2, 0.25) is 10.0 Å². The number of ether oxygens (including phenoxy) is 1. The highest BCUT2D eigenvalue weighted by atomic mass is 35.5. The maximum atomic E-state index is 12.9. The van der Waals surface area contributed by atoms with Gasteiger partial charge in [-0.15, -0.1) is 0 Å². The average molecular weight is 336 g/mol. The fourth-order valence-corrected chi connectivity index (χ4v) is 2.19. The van der Waals surface area contributed by atoms with E-state index in [9.17, 15) is 9.18 Å². The number of cyclic esters (lactones) is 1. The molecular weight excluding hydrogens is 328 g/mol. The van der Waals surface area contributed by atoms with E-state index in [1.807, 2.05) is 0 Å². The zero-order valence-electron chi connectivity index (χ0n) is 11.0. The number of esters is 1. The smallest absolute Gasteiger partial charge is 0.363 e. The highest BCUT2D eigenvalue weighted by Gasteiger charge is 2.24. The van der Waals surface area contributed by atoms with Crippen LogP contribution in [0.25, 0.3) is 6.08 Å². The van der Waals surface area contributed by atoms with Crippen LogP contribution in [-0.4, -0.2) is 11.9 Å². The Kier molecular flexibility index (Phi) is 3.96. The second-order valence-electron chi connectivity index (χ2n) is 4.52. The van der Waals surface area contributed by atoms with E-state index < -0.39 is 5.97 Å². The molecule has 110 valence electrons. The molecule has 22 heavy (non-hydrogen) atoms. The van der Waals surface area contributed by atoms with Crippen molar-refractivity contribution in [1.29, 1.82) is 0 Å². The van der Waals surface area contributed by atoms with Gasteiger partial charge in [0, 0.05) is 5.56 Å². The molecule has 3 nitrogen and oxygen atoms in total. The Balaban J connectivity index is 1.93. The Morgan fingerprint density at radius 1 is 1.05 bits per heavy atom. The second kappa shape index (κ2) is 5.91. The van der Waals surface area contributed by atoms with Gasteiger partial charge in [-0.2, -0.15) is 0 Å². The molecule has 3 rings (SSSR count). The first-order valence-electron chi connectivity index (χ1n) is 6.26. The highest BCUT2D eigenvalue weighted by Crippen LogP contribution is 2.25. The zero-order chi connectivity index (χ0) is 15.7. The summed E-state index contributed by atoms with van der Waals surface area (Å²) in [6.45, 7) is 0. The molecule has 0 aromatic heterocycles. The number of aliphatic imine (C=N–C) groups is 1. The fourth-order valence-electron chi connectivity index (χ4n) is 1.89. The van der Waals surface area contributed by atoms with Gasteiger partial charge in [0.15, 0.2) is 5.70 Å². The molecule has 0 spiro atoms. The van der Waals surface area contributed by atoms with Crippen molar-refractivity contribution in [2.75, 3.05) is 0 Å². The van der Waals surface area contributed by atoms with Crippen molar-refractivity contribution in [3.05, 3.63) is 75.2 Å². The van der Waals surface area contributed by atoms with Gasteiger partial charge in [-0.3, -0.25) is 0 Å². The topological polar surface area (TPSA) is 38.7 Å². The SMILES string of the molecule is O=C1OC(c2ccc(F)cc2)=NC1=Cc1ccc(Cl)c(Cl)c1. The minimum Gasteiger partial charge on any atom is -0.402 e. The molecule has 1 aliphatic rings. The summed E-state index contributed by atoms with van der Waals surface area (Å²) in [6, 6.07) is 10.5. The first-order valence-corrected chi connectivity index (χ1v) is 7.02. The summed E-state index contributed by atoms with van der Waals surface area (Å²) in [5.41, 5.74) is 1.33. The minimum absolute atomic E-state index is 0.135. The number of hydrogen-bond acceptors (Lipinski definition) is 3. The van der Waals surface area contributed by atoms with E-state index in [1.54, 1.807) is 24.3 Å². The van der Waals surface area contributed by atoms with Crippen LogP contribution >= 0.6 is 23.2 Å². The van der Waals surface area contributed by atoms with Crippen LogP contribution in [-0.2, 0) is 9.53 Å². The van der Waals surface area contributed by atoms with Gasteiger partial charge in [0.25, 0.3) is 0 Å². The largest absolute Gasteiger partial charge is 0.402 e. The van der Waals surface area contributed by atoms with Crippen LogP contribution in [0.3, 0.4) is 0 Å². The Hall–Kier alpha value is -2.17. The molecule has 2 aromatic carbocycles. The standard InChI is InChI=1S/C16H8Cl2FNO2/c17-12-6-1-9(7-13(12)18)8-14-16(21)22-15(20-14)10-2-4-11(19)5-3-10/h1-8H. The molecule has 0 aliphatic carbocycles. The van der Waals surface area contributed by atoms with E-state index in [0.717, 1.165) is 0 Å². The number of rotatable bonds is 2. The van der Waals surface area contributed by atoms with Crippen molar-refractivity contribution < 1.29 is 13.9 Å². The molecule has 1 heterocycles. The molecule has 0 bridgehead atoms. The summed E-state index contributed by atoms with van der Waals surface area (Å²) in [5, 5.41) is 0.804. The van der Waals surface area contributed by atoms with E-state index in [4.69, 9.17) is 27.9 Å². The molecule has 0 radical (unpaired) electrons. The molecule has 0 saturated carbocycles. The predicted octanol–water partition coefficient (Wildman–Crippen LogP) is 4.48. The summed E-state index contributed by atoms with van der Waals surface area (Å²) in [5.74, 6) is -0.818. The first-order chi connectivity index (χ1) is 10.5. The molecule has 0 unspecified atom stereocenters. The first kappa shape index (κ1) is 14.8. The molecule has 0 N–H and O–H groups in total. The van der Waals surface area contributed by atoms with E-state index in [1.165, 1.54) is 24.3 Å². The van der Waals surface area contributed by atoms with Gasteiger partial charge >= 0.3 is 5.97 Å². The molecule has 0 atom stereocenters. The van der Waals surface area contributed by atoms with Gasteiger partial charge in [-0.25, -0.2) is 14.2 Å². The number of hydrogen-bond donors (Lipinski definition) is 0. The quantitative estimate of drug-likeness (QED) is 0.599. The summed E-state index contributed by atoms with van der Waals surface area (Å²) >= 11 is 11.8. The maximum absolute atomic E-state index is 12.9. The summed E-state index contributed by atoms with van der Waals surface area (Å²) in [4.78, 5) is 16.0. The van der Waals surface area contributed by atoms with E-state index >= 15 is 0 Å². The summed E-state index contributed by atoms with van der Waals surface area (Å²) in [6.07, 6.45) is 1.54. The van der Waals surface area contributed by atoms with Crippen molar-refractivity contribution in [1.82, 2.24) is 0 Å². The number of halogens is 3. The Bertz CT molecular complexity index is 813. The Morgan fingerprint density at radius 3 is 2.45 bits per heavy atom. The van der Waals surface area contributed by atoms with Crippen LogP contribution in [0.15, 0.2) is 53.2 Å². The predicted molar refractivity (Wildman–Crippen MR) is 83.5 cm³/mol. The number of carbonyl (C=O) groups is 1. The lowest BCUT2D eigenvalue weighted by Gasteiger charge is -1.98. The van der Waals surface area contributed by atoms with E-state index in [-0.39, 0.29) is 17.4 Å². The Labute approximate surface area is 135 Å². The zero-order valence-corrected chi connectivity index (χ0v) is 12.5. The van der Waals surface area contributed by atoms with Crippen molar-refractivity contribution in [3.8, 4) is 0 Å². The van der Waals surface area contributed by atoms with Gasteiger partial charge in [0.05, 0.1) is 10.0 Å². The lowest BCUT2D eigenvalue weighted by Crippen LogP contribution is -2.05. The lowest BCUT2D eigenvalue weighted by atomic mass is 10.2. The molecule has 2 aromatic rings. The van der Waals surface area contributed by atoms with Gasteiger partial charge in [-0.1, -0.05) is 29.3 Å². The number of benzene rings is 2. The van der Waals surface area contributed by atoms with Crippen LogP contribution in [0.5, 0.6) is 0 Å². The van der Waals surface area contributed by atoms with E-state index in [0.29, 0.717) is 21.2 Å². The van der Waals surface area contributed by atoms with Crippen LogP contribution in [0.4, 0.5) is 4.39 Å². The molecule has 0 amide bonds. The third kappa shape index (κ3) is 3.03. The van der Waals surface area contributed by atoms with Crippen molar-refractivity contribution in [3.63, 3.8) is 0 Å². The Morgan fingerprint density at radius 2 is 1.77 bits per heavy atom. The van der Waals surface area contributed by atoms with Gasteiger partial charge in [0.2, 0.25) is 5.90 Å². The summed E-state index contributed by atoms with van der Waals surface area (Å²) < 4.78 is 18.0. The van der Waals surface area contributed by atoms with Crippen LogP contribution in [0, 0.1) is 5.82 Å². The molecule has 6 heteroatoms. The van der Waals surface area contributed by atoms with Gasteiger partial charge in [-0.05, 0) is 48.0 Å². The van der Waals surface area contributed by atoms with Gasteiger partial charge < -0.3 is 4.74 Å². The second-order valence-corrected chi connectivity index (χ2v) is 5.33. The van der Waals surface area contributed by atoms with Crippen molar-refractivity contribution in [2.45, 2.75) is 0 Å². The minimum atomic E-state index is -0.578.